The molecule has 0 amide bonds. The highest BCUT2D eigenvalue weighted by molar-refractivity contribution is 5.89. The molecule has 2 heteroatoms. The predicted molar refractivity (Wildman–Crippen MR) is 58.7 cm³/mol. The first-order chi connectivity index (χ1) is 7.27. The van der Waals surface area contributed by atoms with Gasteiger partial charge in [-0.3, -0.25) is 0 Å². The van der Waals surface area contributed by atoms with Crippen LogP contribution in [-0.2, 0) is 4.74 Å². The van der Waals surface area contributed by atoms with E-state index in [0.29, 0.717) is 11.5 Å². The lowest BCUT2D eigenvalue weighted by Crippen LogP contribution is -2.20. The summed E-state index contributed by atoms with van der Waals surface area (Å²) in [5, 5.41) is 0. The molecule has 1 aliphatic carbocycles. The van der Waals surface area contributed by atoms with Gasteiger partial charge >= 0.3 is 5.97 Å². The SMILES string of the molecule is CC1CCC[C@@H]1OC(=O)c1ccccc1. The summed E-state index contributed by atoms with van der Waals surface area (Å²) in [6.45, 7) is 2.15. The zero-order chi connectivity index (χ0) is 10.7. The molecule has 80 valence electrons. The fraction of sp³-hybridized carbons (Fsp3) is 0.462. The Labute approximate surface area is 90.3 Å². The average Bonchev–Trinajstić information content (AvgIpc) is 2.66. The van der Waals surface area contributed by atoms with Crippen LogP contribution < -0.4 is 0 Å². The van der Waals surface area contributed by atoms with Crippen molar-refractivity contribution in [1.29, 1.82) is 0 Å². The van der Waals surface area contributed by atoms with Crippen molar-refractivity contribution in [3.8, 4) is 0 Å². The second-order valence-electron chi connectivity index (χ2n) is 4.22. The maximum atomic E-state index is 11.7. The van der Waals surface area contributed by atoms with Gasteiger partial charge in [-0.25, -0.2) is 4.79 Å². The van der Waals surface area contributed by atoms with Crippen molar-refractivity contribution in [3.63, 3.8) is 0 Å². The fourth-order valence-corrected chi connectivity index (χ4v) is 2.07. The summed E-state index contributed by atoms with van der Waals surface area (Å²) in [6, 6.07) is 9.20. The molecule has 0 radical (unpaired) electrons. The maximum absolute atomic E-state index is 11.7. The van der Waals surface area contributed by atoms with E-state index in [1.807, 2.05) is 18.2 Å². The minimum atomic E-state index is -0.186. The summed E-state index contributed by atoms with van der Waals surface area (Å²) in [4.78, 5) is 11.7. The van der Waals surface area contributed by atoms with Gasteiger partial charge in [0.05, 0.1) is 5.56 Å². The van der Waals surface area contributed by atoms with Crippen LogP contribution in [0.25, 0.3) is 0 Å². The van der Waals surface area contributed by atoms with Crippen molar-refractivity contribution in [2.24, 2.45) is 5.92 Å². The van der Waals surface area contributed by atoms with E-state index in [1.165, 1.54) is 12.8 Å². The van der Waals surface area contributed by atoms with Gasteiger partial charge in [-0.15, -0.1) is 0 Å². The number of carbonyl (C=O) groups is 1. The van der Waals surface area contributed by atoms with E-state index in [9.17, 15) is 4.79 Å². The first kappa shape index (κ1) is 10.2. The third-order valence-electron chi connectivity index (χ3n) is 3.05. The molecule has 2 rings (SSSR count). The van der Waals surface area contributed by atoms with Gasteiger partial charge in [0, 0.05) is 0 Å². The van der Waals surface area contributed by atoms with Crippen LogP contribution >= 0.6 is 0 Å². The lowest BCUT2D eigenvalue weighted by Gasteiger charge is -2.16. The molecular formula is C13H16O2. The largest absolute Gasteiger partial charge is 0.459 e. The number of benzene rings is 1. The third-order valence-corrected chi connectivity index (χ3v) is 3.05. The topological polar surface area (TPSA) is 26.3 Å². The first-order valence-electron chi connectivity index (χ1n) is 5.53. The highest BCUT2D eigenvalue weighted by atomic mass is 16.5. The van der Waals surface area contributed by atoms with Crippen LogP contribution in [0.2, 0.25) is 0 Å². The molecule has 2 atom stereocenters. The maximum Gasteiger partial charge on any atom is 0.338 e. The van der Waals surface area contributed by atoms with Crippen LogP contribution in [0.5, 0.6) is 0 Å². The second kappa shape index (κ2) is 4.47. The quantitative estimate of drug-likeness (QED) is 0.692. The van der Waals surface area contributed by atoms with Crippen LogP contribution in [0.15, 0.2) is 30.3 Å². The van der Waals surface area contributed by atoms with Crippen LogP contribution in [0, 0.1) is 5.92 Å². The zero-order valence-corrected chi connectivity index (χ0v) is 8.98. The molecule has 0 bridgehead atoms. The zero-order valence-electron chi connectivity index (χ0n) is 8.98. The predicted octanol–water partition coefficient (Wildman–Crippen LogP) is 3.03. The van der Waals surface area contributed by atoms with Crippen molar-refractivity contribution in [3.05, 3.63) is 35.9 Å². The molecule has 1 aromatic carbocycles. The van der Waals surface area contributed by atoms with Crippen LogP contribution in [0.1, 0.15) is 36.5 Å². The Morgan fingerprint density at radius 2 is 2.00 bits per heavy atom. The fourth-order valence-electron chi connectivity index (χ4n) is 2.07. The van der Waals surface area contributed by atoms with Crippen molar-refractivity contribution in [2.75, 3.05) is 0 Å². The van der Waals surface area contributed by atoms with Gasteiger partial charge in [-0.05, 0) is 37.3 Å². The summed E-state index contributed by atoms with van der Waals surface area (Å²) in [7, 11) is 0. The molecular weight excluding hydrogens is 188 g/mol. The Kier molecular flexibility index (Phi) is 3.05. The average molecular weight is 204 g/mol. The lowest BCUT2D eigenvalue weighted by molar-refractivity contribution is 0.0226. The molecule has 1 fully saturated rings. The van der Waals surface area contributed by atoms with E-state index >= 15 is 0 Å². The molecule has 1 unspecified atom stereocenters. The van der Waals surface area contributed by atoms with E-state index in [0.717, 1.165) is 6.42 Å². The number of hydrogen-bond donors (Lipinski definition) is 0. The Bertz CT molecular complexity index is 332. The lowest BCUT2D eigenvalue weighted by atomic mass is 10.1. The molecule has 1 aliphatic rings. The van der Waals surface area contributed by atoms with Crippen molar-refractivity contribution < 1.29 is 9.53 Å². The number of hydrogen-bond acceptors (Lipinski definition) is 2. The summed E-state index contributed by atoms with van der Waals surface area (Å²) in [5.41, 5.74) is 0.650. The van der Waals surface area contributed by atoms with E-state index in [-0.39, 0.29) is 12.1 Å². The smallest absolute Gasteiger partial charge is 0.338 e. The number of carbonyl (C=O) groups excluding carboxylic acids is 1. The van der Waals surface area contributed by atoms with Crippen LogP contribution in [-0.4, -0.2) is 12.1 Å². The highest BCUT2D eigenvalue weighted by Gasteiger charge is 2.26. The molecule has 1 saturated carbocycles. The van der Waals surface area contributed by atoms with Crippen LogP contribution in [0.3, 0.4) is 0 Å². The summed E-state index contributed by atoms with van der Waals surface area (Å²) in [5.74, 6) is 0.326. The molecule has 15 heavy (non-hydrogen) atoms. The summed E-state index contributed by atoms with van der Waals surface area (Å²) >= 11 is 0. The van der Waals surface area contributed by atoms with Gasteiger partial charge in [0.1, 0.15) is 6.10 Å². The standard InChI is InChI=1S/C13H16O2/c1-10-6-5-9-12(10)15-13(14)11-7-3-2-4-8-11/h2-4,7-8,10,12H,5-6,9H2,1H3/t10?,12-/m0/s1. The van der Waals surface area contributed by atoms with Crippen molar-refractivity contribution in [1.82, 2.24) is 0 Å². The molecule has 0 spiro atoms. The van der Waals surface area contributed by atoms with Crippen molar-refractivity contribution >= 4 is 5.97 Å². The van der Waals surface area contributed by atoms with Crippen molar-refractivity contribution in [2.45, 2.75) is 32.3 Å². The minimum Gasteiger partial charge on any atom is -0.459 e. The molecule has 0 N–H and O–H groups in total. The second-order valence-corrected chi connectivity index (χ2v) is 4.22. The summed E-state index contributed by atoms with van der Waals surface area (Å²) in [6.07, 6.45) is 3.48. The highest BCUT2D eigenvalue weighted by Crippen LogP contribution is 2.28. The van der Waals surface area contributed by atoms with Gasteiger partial charge in [-0.1, -0.05) is 25.1 Å². The Morgan fingerprint density at radius 3 is 2.60 bits per heavy atom. The Morgan fingerprint density at radius 1 is 1.27 bits per heavy atom. The monoisotopic (exact) mass is 204 g/mol. The van der Waals surface area contributed by atoms with Crippen LogP contribution in [0.4, 0.5) is 0 Å². The van der Waals surface area contributed by atoms with Gasteiger partial charge in [-0.2, -0.15) is 0 Å². The minimum absolute atomic E-state index is 0.123. The molecule has 0 heterocycles. The Balaban J connectivity index is 1.98. The van der Waals surface area contributed by atoms with E-state index < -0.39 is 0 Å². The number of rotatable bonds is 2. The molecule has 1 aromatic rings. The van der Waals surface area contributed by atoms with Gasteiger partial charge in [0.2, 0.25) is 0 Å². The normalized spacial score (nSPS) is 25.1. The van der Waals surface area contributed by atoms with Gasteiger partial charge < -0.3 is 4.74 Å². The first-order valence-corrected chi connectivity index (χ1v) is 5.53. The molecule has 2 nitrogen and oxygen atoms in total. The number of esters is 1. The van der Waals surface area contributed by atoms with Gasteiger partial charge in [0.15, 0.2) is 0 Å². The van der Waals surface area contributed by atoms with E-state index in [2.05, 4.69) is 6.92 Å². The van der Waals surface area contributed by atoms with E-state index in [1.54, 1.807) is 12.1 Å². The molecule has 0 aromatic heterocycles. The third kappa shape index (κ3) is 2.38. The van der Waals surface area contributed by atoms with Gasteiger partial charge in [0.25, 0.3) is 0 Å². The number of ether oxygens (including phenoxy) is 1. The molecule has 0 aliphatic heterocycles. The summed E-state index contributed by atoms with van der Waals surface area (Å²) < 4.78 is 5.47. The molecule has 0 saturated heterocycles. The van der Waals surface area contributed by atoms with E-state index in [4.69, 9.17) is 4.74 Å². The Hall–Kier alpha value is -1.31.